The van der Waals surface area contributed by atoms with Gasteiger partial charge in [0, 0.05) is 38.3 Å². The predicted octanol–water partition coefficient (Wildman–Crippen LogP) is 1.32. The molecule has 7 nitrogen and oxygen atoms in total. The van der Waals surface area contributed by atoms with Crippen LogP contribution in [-0.4, -0.2) is 70.4 Å². The zero-order valence-electron chi connectivity index (χ0n) is 17.6. The van der Waals surface area contributed by atoms with Gasteiger partial charge in [-0.2, -0.15) is 4.72 Å². The van der Waals surface area contributed by atoms with Gasteiger partial charge < -0.3 is 10.2 Å². The van der Waals surface area contributed by atoms with Crippen molar-refractivity contribution in [2.24, 2.45) is 0 Å². The molecule has 1 amide bonds. The maximum atomic E-state index is 12.9. The minimum absolute atomic E-state index is 0.0661. The second kappa shape index (κ2) is 10.6. The van der Waals surface area contributed by atoms with Gasteiger partial charge in [-0.25, -0.2) is 8.42 Å². The Bertz CT molecular complexity index is 1010. The van der Waals surface area contributed by atoms with Gasteiger partial charge in [-0.1, -0.05) is 36.3 Å². The van der Waals surface area contributed by atoms with Crippen molar-refractivity contribution in [3.63, 3.8) is 0 Å². The minimum Gasteiger partial charge on any atom is -0.344 e. The summed E-state index contributed by atoms with van der Waals surface area (Å²) in [5.74, 6) is 1.99. The monoisotopic (exact) mass is 440 g/mol. The number of carbonyl (C=O) groups excluding carboxylic acids is 1. The molecule has 31 heavy (non-hydrogen) atoms. The maximum Gasteiger partial charge on any atom is 0.251 e. The lowest BCUT2D eigenvalue weighted by Crippen LogP contribution is -2.47. The van der Waals surface area contributed by atoms with Crippen molar-refractivity contribution in [3.05, 3.63) is 65.7 Å². The molecular weight excluding hydrogens is 412 g/mol. The molecule has 0 aliphatic carbocycles. The number of hydrogen-bond acceptors (Lipinski definition) is 5. The molecule has 0 spiro atoms. The van der Waals surface area contributed by atoms with Crippen LogP contribution in [0.2, 0.25) is 0 Å². The fourth-order valence-electron chi connectivity index (χ4n) is 3.46. The van der Waals surface area contributed by atoms with Gasteiger partial charge in [-0.3, -0.25) is 9.69 Å². The molecule has 2 aromatic carbocycles. The van der Waals surface area contributed by atoms with Gasteiger partial charge >= 0.3 is 0 Å². The third-order valence-corrected chi connectivity index (χ3v) is 6.75. The summed E-state index contributed by atoms with van der Waals surface area (Å²) < 4.78 is 26.6. The Hall–Kier alpha value is -2.70. The molecule has 2 N–H and O–H groups in total. The fraction of sp³-hybridized carbons (Fsp3) is 0.348. The summed E-state index contributed by atoms with van der Waals surface area (Å²) in [6.07, 6.45) is 5.11. The highest BCUT2D eigenvalue weighted by Gasteiger charge is 2.22. The largest absolute Gasteiger partial charge is 0.344 e. The molecule has 1 unspecified atom stereocenters. The molecular formula is C23H28N4O3S. The lowest BCUT2D eigenvalue weighted by atomic mass is 10.0. The van der Waals surface area contributed by atoms with Gasteiger partial charge in [0.15, 0.2) is 0 Å². The van der Waals surface area contributed by atoms with E-state index in [9.17, 15) is 13.2 Å². The fourth-order valence-corrected chi connectivity index (χ4v) is 4.39. The molecule has 8 heteroatoms. The summed E-state index contributed by atoms with van der Waals surface area (Å²) in [5, 5.41) is 3.11. The number of sulfonamides is 1. The van der Waals surface area contributed by atoms with Crippen molar-refractivity contribution >= 4 is 15.9 Å². The molecule has 164 valence electrons. The summed E-state index contributed by atoms with van der Waals surface area (Å²) in [6.45, 7) is 4.53. The SMILES string of the molecule is C#CCNS(=O)(=O)c1ccc(C(=O)NC(CN2CCN(C)CC2)c2ccccc2)cc1. The average Bonchev–Trinajstić information content (AvgIpc) is 2.79. The van der Waals surface area contributed by atoms with Gasteiger partial charge in [0.2, 0.25) is 10.0 Å². The number of benzene rings is 2. The number of nitrogens with zero attached hydrogens (tertiary/aromatic N) is 2. The van der Waals surface area contributed by atoms with Crippen molar-refractivity contribution in [3.8, 4) is 12.3 Å². The number of piperazine rings is 1. The highest BCUT2D eigenvalue weighted by Crippen LogP contribution is 2.17. The summed E-state index contributed by atoms with van der Waals surface area (Å²) >= 11 is 0. The average molecular weight is 441 g/mol. The maximum absolute atomic E-state index is 12.9. The molecule has 1 aliphatic rings. The van der Waals surface area contributed by atoms with Crippen LogP contribution in [-0.2, 0) is 10.0 Å². The predicted molar refractivity (Wildman–Crippen MR) is 121 cm³/mol. The Balaban J connectivity index is 1.72. The van der Waals surface area contributed by atoms with Crippen LogP contribution in [0.25, 0.3) is 0 Å². The van der Waals surface area contributed by atoms with E-state index < -0.39 is 10.0 Å². The Kier molecular flexibility index (Phi) is 7.82. The van der Waals surface area contributed by atoms with Crippen molar-refractivity contribution in [2.75, 3.05) is 46.3 Å². The third kappa shape index (κ3) is 6.39. The van der Waals surface area contributed by atoms with Gasteiger partial charge in [-0.05, 0) is 36.9 Å². The van der Waals surface area contributed by atoms with Crippen LogP contribution in [0.5, 0.6) is 0 Å². The number of amides is 1. The molecule has 0 bridgehead atoms. The normalized spacial score (nSPS) is 16.4. The van der Waals surface area contributed by atoms with Crippen molar-refractivity contribution in [1.29, 1.82) is 0 Å². The Morgan fingerprint density at radius 1 is 1.06 bits per heavy atom. The first-order valence-electron chi connectivity index (χ1n) is 10.2. The summed E-state index contributed by atoms with van der Waals surface area (Å²) in [5.41, 5.74) is 1.43. The number of likely N-dealkylation sites (N-methyl/N-ethyl adjacent to an activating group) is 1. The first-order valence-corrected chi connectivity index (χ1v) is 11.7. The van der Waals surface area contributed by atoms with E-state index in [1.54, 1.807) is 0 Å². The second-order valence-corrected chi connectivity index (χ2v) is 9.36. The highest BCUT2D eigenvalue weighted by atomic mass is 32.2. The molecule has 0 saturated carbocycles. The Morgan fingerprint density at radius 2 is 1.71 bits per heavy atom. The van der Waals surface area contributed by atoms with Crippen LogP contribution < -0.4 is 10.0 Å². The van der Waals surface area contributed by atoms with Crippen molar-refractivity contribution < 1.29 is 13.2 Å². The van der Waals surface area contributed by atoms with Crippen molar-refractivity contribution in [1.82, 2.24) is 19.8 Å². The molecule has 0 aromatic heterocycles. The summed E-state index contributed by atoms with van der Waals surface area (Å²) in [7, 11) is -1.58. The summed E-state index contributed by atoms with van der Waals surface area (Å²) in [4.78, 5) is 17.6. The third-order valence-electron chi connectivity index (χ3n) is 5.33. The first kappa shape index (κ1) is 23.0. The minimum atomic E-state index is -3.69. The molecule has 1 saturated heterocycles. The number of carbonyl (C=O) groups is 1. The van der Waals surface area contributed by atoms with Crippen LogP contribution in [0.3, 0.4) is 0 Å². The Labute approximate surface area is 184 Å². The molecule has 2 aromatic rings. The number of rotatable bonds is 8. The molecule has 3 rings (SSSR count). The van der Waals surface area contributed by atoms with Crippen LogP contribution in [0.4, 0.5) is 0 Å². The molecule has 1 heterocycles. The summed E-state index contributed by atoms with van der Waals surface area (Å²) in [6, 6.07) is 15.6. The van der Waals surface area contributed by atoms with Crippen LogP contribution in [0, 0.1) is 12.3 Å². The highest BCUT2D eigenvalue weighted by molar-refractivity contribution is 7.89. The zero-order valence-corrected chi connectivity index (χ0v) is 18.4. The van der Waals surface area contributed by atoms with E-state index in [0.717, 1.165) is 31.7 Å². The number of hydrogen-bond donors (Lipinski definition) is 2. The van der Waals surface area contributed by atoms with Gasteiger partial charge in [0.1, 0.15) is 0 Å². The van der Waals surface area contributed by atoms with E-state index >= 15 is 0 Å². The first-order chi connectivity index (χ1) is 14.9. The van der Waals surface area contributed by atoms with Crippen LogP contribution in [0.15, 0.2) is 59.5 Å². The Morgan fingerprint density at radius 3 is 2.32 bits per heavy atom. The van der Waals surface area contributed by atoms with Crippen LogP contribution >= 0.6 is 0 Å². The van der Waals surface area contributed by atoms with Gasteiger partial charge in [0.25, 0.3) is 5.91 Å². The van der Waals surface area contributed by atoms with E-state index in [4.69, 9.17) is 6.42 Å². The van der Waals surface area contributed by atoms with E-state index in [2.05, 4.69) is 32.8 Å². The van der Waals surface area contributed by atoms with E-state index in [0.29, 0.717) is 12.1 Å². The van der Waals surface area contributed by atoms with Gasteiger partial charge in [-0.15, -0.1) is 6.42 Å². The molecule has 0 radical (unpaired) electrons. The van der Waals surface area contributed by atoms with E-state index in [1.807, 2.05) is 30.3 Å². The van der Waals surface area contributed by atoms with E-state index in [-0.39, 0.29) is 23.4 Å². The molecule has 1 aliphatic heterocycles. The van der Waals surface area contributed by atoms with Crippen LogP contribution in [0.1, 0.15) is 22.0 Å². The second-order valence-electron chi connectivity index (χ2n) is 7.59. The lowest BCUT2D eigenvalue weighted by molar-refractivity contribution is 0.0907. The van der Waals surface area contributed by atoms with E-state index in [1.165, 1.54) is 24.3 Å². The standard InChI is InChI=1S/C23H28N4O3S/c1-3-13-24-31(29,30)21-11-9-20(10-12-21)23(28)25-22(19-7-5-4-6-8-19)18-27-16-14-26(2)15-17-27/h1,4-12,22,24H,13-18H2,2H3,(H,25,28). The van der Waals surface area contributed by atoms with Crippen molar-refractivity contribution in [2.45, 2.75) is 10.9 Å². The lowest BCUT2D eigenvalue weighted by Gasteiger charge is -2.35. The van der Waals surface area contributed by atoms with Gasteiger partial charge in [0.05, 0.1) is 17.5 Å². The zero-order chi connectivity index (χ0) is 22.3. The molecule has 1 atom stereocenters. The number of nitrogens with one attached hydrogen (secondary N) is 2. The number of terminal acetylenes is 1. The molecule has 1 fully saturated rings. The smallest absolute Gasteiger partial charge is 0.251 e. The quantitative estimate of drug-likeness (QED) is 0.605. The topological polar surface area (TPSA) is 81.7 Å².